The van der Waals surface area contributed by atoms with Crippen LogP contribution in [-0.4, -0.2) is 17.2 Å². The summed E-state index contributed by atoms with van der Waals surface area (Å²) in [6.45, 7) is 1.48. The average molecular weight is 318 g/mol. The molecule has 0 saturated heterocycles. The second kappa shape index (κ2) is 8.11. The highest BCUT2D eigenvalue weighted by Crippen LogP contribution is 2.17. The number of amides is 1. The summed E-state index contributed by atoms with van der Waals surface area (Å²) in [7, 11) is 0. The molecule has 0 bridgehead atoms. The van der Waals surface area contributed by atoms with Gasteiger partial charge in [-0.1, -0.05) is 12.1 Å². The average Bonchev–Trinajstić information content (AvgIpc) is 2.93. The number of aryl methyl sites for hydroxylation is 2. The molecule has 1 aromatic heterocycles. The number of hydrogen-bond donors (Lipinski definition) is 4. The molecular formula is C14H18N6OS. The fourth-order valence-corrected chi connectivity index (χ4v) is 2.60. The lowest BCUT2D eigenvalue weighted by Crippen LogP contribution is -2.15. The Balaban J connectivity index is 1.84. The first-order valence-corrected chi connectivity index (χ1v) is 7.60. The Kier molecular flexibility index (Phi) is 5.87. The number of hydrazone groups is 1. The normalized spacial score (nSPS) is 10.6. The summed E-state index contributed by atoms with van der Waals surface area (Å²) >= 11 is 1.44. The molecule has 5 N–H and O–H groups in total. The van der Waals surface area contributed by atoms with Gasteiger partial charge in [0.25, 0.3) is 0 Å². The predicted molar refractivity (Wildman–Crippen MR) is 89.7 cm³/mol. The third-order valence-corrected chi connectivity index (χ3v) is 3.64. The minimum Gasteiger partial charge on any atom is -0.345 e. The monoisotopic (exact) mass is 318 g/mol. The summed E-state index contributed by atoms with van der Waals surface area (Å²) in [5.74, 6) is 4.92. The Morgan fingerprint density at radius 2 is 2.14 bits per heavy atom. The Hall–Kier alpha value is -2.45. The molecule has 2 rings (SSSR count). The highest BCUT2D eigenvalue weighted by Gasteiger charge is 2.04. The van der Waals surface area contributed by atoms with Crippen molar-refractivity contribution in [3.05, 3.63) is 40.9 Å². The first-order valence-electron chi connectivity index (χ1n) is 6.72. The van der Waals surface area contributed by atoms with Crippen LogP contribution in [0.3, 0.4) is 0 Å². The lowest BCUT2D eigenvalue weighted by atomic mass is 10.1. The summed E-state index contributed by atoms with van der Waals surface area (Å²) in [5.41, 5.74) is 5.31. The zero-order valence-corrected chi connectivity index (χ0v) is 13.0. The van der Waals surface area contributed by atoms with Gasteiger partial charge in [0.05, 0.1) is 5.69 Å². The quantitative estimate of drug-likeness (QED) is 0.269. The van der Waals surface area contributed by atoms with E-state index in [1.807, 2.05) is 29.6 Å². The number of carbonyl (C=O) groups excluding carboxylic acids is 1. The molecule has 0 atom stereocenters. The van der Waals surface area contributed by atoms with Crippen LogP contribution in [0.5, 0.6) is 0 Å². The molecule has 8 heteroatoms. The highest BCUT2D eigenvalue weighted by atomic mass is 32.1. The second-order valence-corrected chi connectivity index (χ2v) is 5.41. The molecule has 0 aliphatic carbocycles. The number of rotatable bonds is 7. The summed E-state index contributed by atoms with van der Waals surface area (Å²) in [5, 5.41) is 11.9. The van der Waals surface area contributed by atoms with Crippen molar-refractivity contribution in [2.24, 2.45) is 10.9 Å². The molecular weight excluding hydrogens is 300 g/mol. The van der Waals surface area contributed by atoms with E-state index in [1.165, 1.54) is 30.2 Å². The SMILES string of the molecule is CC(=O)Nc1nc(CCc2ccc(NC=NNN)cc2)cs1. The molecule has 22 heavy (non-hydrogen) atoms. The molecule has 0 aliphatic rings. The first kappa shape index (κ1) is 15.9. The molecule has 2 aromatic rings. The minimum absolute atomic E-state index is 0.0997. The number of hydrazine groups is 1. The fourth-order valence-electron chi connectivity index (χ4n) is 1.81. The number of hydrogen-bond acceptors (Lipinski definition) is 6. The van der Waals surface area contributed by atoms with Gasteiger partial charge in [-0.25, -0.2) is 16.4 Å². The number of nitrogens with zero attached hydrogens (tertiary/aromatic N) is 2. The van der Waals surface area contributed by atoms with Gasteiger partial charge in [-0.2, -0.15) is 5.10 Å². The van der Waals surface area contributed by atoms with Gasteiger partial charge in [-0.05, 0) is 30.5 Å². The van der Waals surface area contributed by atoms with Gasteiger partial charge in [-0.3, -0.25) is 4.79 Å². The van der Waals surface area contributed by atoms with Gasteiger partial charge in [-0.15, -0.1) is 11.3 Å². The van der Waals surface area contributed by atoms with Crippen LogP contribution in [0.25, 0.3) is 0 Å². The van der Waals surface area contributed by atoms with Crippen LogP contribution >= 0.6 is 11.3 Å². The number of nitrogens with one attached hydrogen (secondary N) is 3. The second-order valence-electron chi connectivity index (χ2n) is 4.55. The van der Waals surface area contributed by atoms with Crippen molar-refractivity contribution < 1.29 is 4.79 Å². The summed E-state index contributed by atoms with van der Waals surface area (Å²) in [6.07, 6.45) is 3.21. The van der Waals surface area contributed by atoms with Crippen molar-refractivity contribution in [2.45, 2.75) is 19.8 Å². The Bertz CT molecular complexity index is 637. The van der Waals surface area contributed by atoms with Crippen LogP contribution in [0.2, 0.25) is 0 Å². The molecule has 1 heterocycles. The van der Waals surface area contributed by atoms with Crippen LogP contribution in [0.15, 0.2) is 34.7 Å². The van der Waals surface area contributed by atoms with Gasteiger partial charge >= 0.3 is 0 Å². The molecule has 1 amide bonds. The molecule has 116 valence electrons. The largest absolute Gasteiger partial charge is 0.345 e. The first-order chi connectivity index (χ1) is 10.7. The maximum absolute atomic E-state index is 11.0. The zero-order valence-electron chi connectivity index (χ0n) is 12.2. The third-order valence-electron chi connectivity index (χ3n) is 2.83. The maximum Gasteiger partial charge on any atom is 0.223 e. The molecule has 7 nitrogen and oxygen atoms in total. The van der Waals surface area contributed by atoms with Gasteiger partial charge in [0.15, 0.2) is 5.13 Å². The van der Waals surface area contributed by atoms with E-state index in [9.17, 15) is 4.79 Å². The number of benzene rings is 1. The Labute approximate surface area is 132 Å². The third kappa shape index (κ3) is 5.15. The van der Waals surface area contributed by atoms with E-state index in [4.69, 9.17) is 5.84 Å². The highest BCUT2D eigenvalue weighted by molar-refractivity contribution is 7.13. The van der Waals surface area contributed by atoms with Crippen molar-refractivity contribution >= 4 is 34.4 Å². The standard InChI is InChI=1S/C14H18N6OS/c1-10(21)18-14-19-13(8-22-14)7-4-11-2-5-12(6-3-11)16-9-17-20-15/h2-3,5-6,8-9,20H,4,7,15H2,1H3,(H,16,17)(H,18,19,21). The zero-order chi connectivity index (χ0) is 15.8. The van der Waals surface area contributed by atoms with Crippen LogP contribution in [-0.2, 0) is 17.6 Å². The van der Waals surface area contributed by atoms with Crippen LogP contribution in [0, 0.1) is 0 Å². The lowest BCUT2D eigenvalue weighted by Gasteiger charge is -2.03. The molecule has 0 fully saturated rings. The topological polar surface area (TPSA) is 104 Å². The Morgan fingerprint density at radius 3 is 2.82 bits per heavy atom. The maximum atomic E-state index is 11.0. The molecule has 0 spiro atoms. The van der Waals surface area contributed by atoms with E-state index in [2.05, 4.69) is 26.3 Å². The van der Waals surface area contributed by atoms with Crippen LogP contribution < -0.4 is 22.0 Å². The van der Waals surface area contributed by atoms with E-state index < -0.39 is 0 Å². The van der Waals surface area contributed by atoms with Crippen LogP contribution in [0.4, 0.5) is 10.8 Å². The van der Waals surface area contributed by atoms with Gasteiger partial charge < -0.3 is 10.6 Å². The summed E-state index contributed by atoms with van der Waals surface area (Å²) in [4.78, 5) is 15.3. The van der Waals surface area contributed by atoms with E-state index >= 15 is 0 Å². The van der Waals surface area contributed by atoms with Crippen molar-refractivity contribution in [3.8, 4) is 0 Å². The molecule has 0 radical (unpaired) electrons. The fraction of sp³-hybridized carbons (Fsp3) is 0.214. The Morgan fingerprint density at radius 1 is 1.36 bits per heavy atom. The van der Waals surface area contributed by atoms with E-state index in [-0.39, 0.29) is 5.91 Å². The van der Waals surface area contributed by atoms with Gasteiger partial charge in [0.1, 0.15) is 6.34 Å². The van der Waals surface area contributed by atoms with Crippen molar-refractivity contribution in [1.29, 1.82) is 0 Å². The molecule has 0 unspecified atom stereocenters. The molecule has 0 aliphatic heterocycles. The van der Waals surface area contributed by atoms with Crippen molar-refractivity contribution in [1.82, 2.24) is 10.5 Å². The van der Waals surface area contributed by atoms with E-state index in [0.29, 0.717) is 5.13 Å². The molecule has 1 aromatic carbocycles. The number of anilines is 2. The predicted octanol–water partition coefficient (Wildman–Crippen LogP) is 1.71. The smallest absolute Gasteiger partial charge is 0.223 e. The summed E-state index contributed by atoms with van der Waals surface area (Å²) < 4.78 is 0. The van der Waals surface area contributed by atoms with Gasteiger partial charge in [0.2, 0.25) is 5.91 Å². The number of thiazole rings is 1. The summed E-state index contributed by atoms with van der Waals surface area (Å²) in [6, 6.07) is 8.05. The van der Waals surface area contributed by atoms with Gasteiger partial charge in [0, 0.05) is 18.0 Å². The van der Waals surface area contributed by atoms with Crippen molar-refractivity contribution in [3.63, 3.8) is 0 Å². The minimum atomic E-state index is -0.0997. The number of aromatic nitrogens is 1. The lowest BCUT2D eigenvalue weighted by molar-refractivity contribution is -0.114. The van der Waals surface area contributed by atoms with E-state index in [1.54, 1.807) is 0 Å². The van der Waals surface area contributed by atoms with Crippen LogP contribution in [0.1, 0.15) is 18.2 Å². The number of nitrogens with two attached hydrogens (primary N) is 1. The van der Waals surface area contributed by atoms with E-state index in [0.717, 1.165) is 24.2 Å². The van der Waals surface area contributed by atoms with Crippen molar-refractivity contribution in [2.75, 3.05) is 10.6 Å². The number of carbonyl (C=O) groups is 1. The molecule has 0 saturated carbocycles.